The first-order valence-electron chi connectivity index (χ1n) is 7.64. The van der Waals surface area contributed by atoms with Gasteiger partial charge >= 0.3 is 5.97 Å². The van der Waals surface area contributed by atoms with Crippen LogP contribution in [0.4, 0.5) is 5.69 Å². The van der Waals surface area contributed by atoms with Crippen molar-refractivity contribution in [3.8, 4) is 0 Å². The normalized spacial score (nSPS) is 15.5. The Balaban J connectivity index is 2.22. The lowest BCUT2D eigenvalue weighted by Crippen LogP contribution is -2.37. The number of anilines is 1. The molecule has 24 heavy (non-hydrogen) atoms. The average molecular weight is 358 g/mol. The Morgan fingerprint density at radius 3 is 2.71 bits per heavy atom. The standard InChI is InChI=1S/C15H22N2O6S/c1-22-8-2-5-16-24(20,21)12-3-4-14(13(11-12)15(18)19)17-6-9-23-10-7-17/h3-4,11,16H,2,5-10H2,1H3,(H,18,19). The van der Waals surface area contributed by atoms with E-state index in [0.29, 0.717) is 45.0 Å². The minimum absolute atomic E-state index is 0.0309. The van der Waals surface area contributed by atoms with Crippen LogP contribution >= 0.6 is 0 Å². The minimum Gasteiger partial charge on any atom is -0.478 e. The summed E-state index contributed by atoms with van der Waals surface area (Å²) in [7, 11) is -2.22. The van der Waals surface area contributed by atoms with E-state index in [1.807, 2.05) is 4.90 Å². The van der Waals surface area contributed by atoms with E-state index in [1.165, 1.54) is 19.2 Å². The molecule has 134 valence electrons. The quantitative estimate of drug-likeness (QED) is 0.653. The zero-order valence-corrected chi connectivity index (χ0v) is 14.3. The molecule has 1 aliphatic heterocycles. The Labute approximate surface area is 141 Å². The van der Waals surface area contributed by atoms with Gasteiger partial charge in [-0.05, 0) is 24.6 Å². The number of hydrogen-bond donors (Lipinski definition) is 2. The van der Waals surface area contributed by atoms with Crippen LogP contribution < -0.4 is 9.62 Å². The highest BCUT2D eigenvalue weighted by Crippen LogP contribution is 2.25. The van der Waals surface area contributed by atoms with Crippen LogP contribution in [-0.4, -0.2) is 66.1 Å². The molecule has 0 saturated carbocycles. The number of sulfonamides is 1. The number of carboxylic acids is 1. The number of ether oxygens (including phenoxy) is 2. The van der Waals surface area contributed by atoms with E-state index < -0.39 is 16.0 Å². The summed E-state index contributed by atoms with van der Waals surface area (Å²) in [5, 5.41) is 9.44. The smallest absolute Gasteiger partial charge is 0.337 e. The fourth-order valence-electron chi connectivity index (χ4n) is 2.44. The second kappa shape index (κ2) is 8.43. The predicted octanol–water partition coefficient (Wildman–Crippen LogP) is 0.536. The third-order valence-electron chi connectivity index (χ3n) is 3.68. The summed E-state index contributed by atoms with van der Waals surface area (Å²) in [5.74, 6) is -1.16. The van der Waals surface area contributed by atoms with E-state index in [0.717, 1.165) is 0 Å². The highest BCUT2D eigenvalue weighted by atomic mass is 32.2. The van der Waals surface area contributed by atoms with Crippen LogP contribution in [-0.2, 0) is 19.5 Å². The molecule has 0 atom stereocenters. The summed E-state index contributed by atoms with van der Waals surface area (Å²) in [5.41, 5.74) is 0.473. The lowest BCUT2D eigenvalue weighted by molar-refractivity contribution is 0.0696. The van der Waals surface area contributed by atoms with Crippen LogP contribution in [0.25, 0.3) is 0 Å². The number of morpholine rings is 1. The Hall–Kier alpha value is -1.68. The van der Waals surface area contributed by atoms with Gasteiger partial charge in [0.25, 0.3) is 0 Å². The molecule has 1 fully saturated rings. The van der Waals surface area contributed by atoms with E-state index in [-0.39, 0.29) is 17.0 Å². The fraction of sp³-hybridized carbons (Fsp3) is 0.533. The van der Waals surface area contributed by atoms with Crippen molar-refractivity contribution in [3.05, 3.63) is 23.8 Å². The Kier molecular flexibility index (Phi) is 6.55. The number of benzene rings is 1. The minimum atomic E-state index is -3.76. The molecule has 0 amide bonds. The number of rotatable bonds is 8. The van der Waals surface area contributed by atoms with Crippen LogP contribution in [0.2, 0.25) is 0 Å². The molecule has 1 aliphatic rings. The van der Waals surface area contributed by atoms with E-state index in [4.69, 9.17) is 9.47 Å². The fourth-order valence-corrected chi connectivity index (χ4v) is 3.54. The predicted molar refractivity (Wildman–Crippen MR) is 88.1 cm³/mol. The number of nitrogens with one attached hydrogen (secondary N) is 1. The van der Waals surface area contributed by atoms with Crippen molar-refractivity contribution in [2.24, 2.45) is 0 Å². The second-order valence-corrected chi connectivity index (χ2v) is 7.09. The SMILES string of the molecule is COCCCNS(=O)(=O)c1ccc(N2CCOCC2)c(C(=O)O)c1. The maximum absolute atomic E-state index is 12.3. The molecule has 9 heteroatoms. The molecule has 0 bridgehead atoms. The highest BCUT2D eigenvalue weighted by Gasteiger charge is 2.22. The first-order valence-corrected chi connectivity index (χ1v) is 9.12. The van der Waals surface area contributed by atoms with Gasteiger partial charge in [0.1, 0.15) is 0 Å². The van der Waals surface area contributed by atoms with Crippen molar-refractivity contribution in [1.82, 2.24) is 4.72 Å². The largest absolute Gasteiger partial charge is 0.478 e. The van der Waals surface area contributed by atoms with Crippen molar-refractivity contribution < 1.29 is 27.8 Å². The molecule has 8 nitrogen and oxygen atoms in total. The van der Waals surface area contributed by atoms with E-state index in [2.05, 4.69) is 4.72 Å². The zero-order valence-electron chi connectivity index (χ0n) is 13.5. The molecule has 0 unspecified atom stereocenters. The molecule has 1 aromatic carbocycles. The lowest BCUT2D eigenvalue weighted by atomic mass is 10.1. The van der Waals surface area contributed by atoms with Gasteiger partial charge < -0.3 is 19.5 Å². The van der Waals surface area contributed by atoms with Gasteiger partial charge in [0, 0.05) is 33.4 Å². The Bertz CT molecular complexity index is 671. The summed E-state index contributed by atoms with van der Waals surface area (Å²) < 4.78 is 37.1. The van der Waals surface area contributed by atoms with Crippen LogP contribution in [0, 0.1) is 0 Å². The van der Waals surface area contributed by atoms with Crippen molar-refractivity contribution in [3.63, 3.8) is 0 Å². The van der Waals surface area contributed by atoms with Crippen LogP contribution in [0.1, 0.15) is 16.8 Å². The summed E-state index contributed by atoms with van der Waals surface area (Å²) in [4.78, 5) is 13.4. The topological polar surface area (TPSA) is 105 Å². The summed E-state index contributed by atoms with van der Waals surface area (Å²) in [6.07, 6.45) is 0.535. The molecule has 1 aromatic rings. The van der Waals surface area contributed by atoms with E-state index in [1.54, 1.807) is 6.07 Å². The average Bonchev–Trinajstić information content (AvgIpc) is 2.59. The lowest BCUT2D eigenvalue weighted by Gasteiger charge is -2.30. The number of carboxylic acid groups (broad SMARTS) is 1. The van der Waals surface area contributed by atoms with Crippen molar-refractivity contribution in [2.45, 2.75) is 11.3 Å². The number of methoxy groups -OCH3 is 1. The summed E-state index contributed by atoms with van der Waals surface area (Å²) in [6, 6.07) is 4.17. The van der Waals surface area contributed by atoms with E-state index >= 15 is 0 Å². The second-order valence-electron chi connectivity index (χ2n) is 5.33. The van der Waals surface area contributed by atoms with Gasteiger partial charge in [-0.1, -0.05) is 0 Å². The third kappa shape index (κ3) is 4.67. The Morgan fingerprint density at radius 2 is 2.08 bits per heavy atom. The van der Waals surface area contributed by atoms with Crippen LogP contribution in [0.3, 0.4) is 0 Å². The molecule has 1 heterocycles. The molecule has 2 N–H and O–H groups in total. The number of aromatic carboxylic acids is 1. The number of carbonyl (C=O) groups is 1. The van der Waals surface area contributed by atoms with Gasteiger partial charge in [-0.3, -0.25) is 0 Å². The van der Waals surface area contributed by atoms with Gasteiger partial charge in [0.2, 0.25) is 10.0 Å². The van der Waals surface area contributed by atoms with Gasteiger partial charge in [-0.2, -0.15) is 0 Å². The molecule has 0 radical (unpaired) electrons. The highest BCUT2D eigenvalue weighted by molar-refractivity contribution is 7.89. The zero-order chi connectivity index (χ0) is 17.6. The monoisotopic (exact) mass is 358 g/mol. The van der Waals surface area contributed by atoms with Crippen LogP contribution in [0.15, 0.2) is 23.1 Å². The van der Waals surface area contributed by atoms with Crippen molar-refractivity contribution >= 4 is 21.7 Å². The third-order valence-corrected chi connectivity index (χ3v) is 5.14. The molecule has 0 spiro atoms. The maximum atomic E-state index is 12.3. The number of hydrogen-bond acceptors (Lipinski definition) is 6. The van der Waals surface area contributed by atoms with Gasteiger partial charge in [-0.25, -0.2) is 17.9 Å². The van der Waals surface area contributed by atoms with E-state index in [9.17, 15) is 18.3 Å². The molecular formula is C15H22N2O6S. The molecule has 1 saturated heterocycles. The molecule has 0 aromatic heterocycles. The molecule has 2 rings (SSSR count). The first kappa shape index (κ1) is 18.7. The molecular weight excluding hydrogens is 336 g/mol. The maximum Gasteiger partial charge on any atom is 0.337 e. The Morgan fingerprint density at radius 1 is 1.38 bits per heavy atom. The van der Waals surface area contributed by atoms with Crippen molar-refractivity contribution in [2.75, 3.05) is 51.5 Å². The summed E-state index contributed by atoms with van der Waals surface area (Å²) >= 11 is 0. The van der Waals surface area contributed by atoms with Gasteiger partial charge in [0.05, 0.1) is 29.4 Å². The summed E-state index contributed by atoms with van der Waals surface area (Å²) in [6.45, 7) is 2.84. The molecule has 0 aliphatic carbocycles. The van der Waals surface area contributed by atoms with Gasteiger partial charge in [0.15, 0.2) is 0 Å². The van der Waals surface area contributed by atoms with Gasteiger partial charge in [-0.15, -0.1) is 0 Å². The van der Waals surface area contributed by atoms with Crippen LogP contribution in [0.5, 0.6) is 0 Å². The number of nitrogens with zero attached hydrogens (tertiary/aromatic N) is 1. The van der Waals surface area contributed by atoms with Crippen molar-refractivity contribution in [1.29, 1.82) is 0 Å². The first-order chi connectivity index (χ1) is 11.5.